The van der Waals surface area contributed by atoms with Gasteiger partial charge in [0.15, 0.2) is 6.54 Å². The maximum Gasteiger partial charge on any atom is 0.315 e. The van der Waals surface area contributed by atoms with Crippen molar-refractivity contribution in [3.05, 3.63) is 114 Å². The third-order valence-electron chi connectivity index (χ3n) is 4.99. The zero-order valence-electron chi connectivity index (χ0n) is 16.4. The summed E-state index contributed by atoms with van der Waals surface area (Å²) in [6.45, 7) is 0.614. The first kappa shape index (κ1) is 18.6. The van der Waals surface area contributed by atoms with Crippen LogP contribution in [0.2, 0.25) is 0 Å². The maximum absolute atomic E-state index is 12.9. The number of carbonyl (C=O) groups is 1. The molecule has 0 aliphatic rings. The summed E-state index contributed by atoms with van der Waals surface area (Å²) in [5.41, 5.74) is 5.97. The lowest BCUT2D eigenvalue weighted by Crippen LogP contribution is -2.45. The Balaban J connectivity index is 1.97. The summed E-state index contributed by atoms with van der Waals surface area (Å²) < 4.78 is 2.09. The molecule has 0 atom stereocenters. The number of nitrogens with zero attached hydrogens (tertiary/aromatic N) is 1. The second kappa shape index (κ2) is 8.53. The van der Waals surface area contributed by atoms with Gasteiger partial charge in [0.25, 0.3) is 5.69 Å². The first-order chi connectivity index (χ1) is 14.3. The van der Waals surface area contributed by atoms with Gasteiger partial charge < -0.3 is 5.32 Å². The number of hydrogen-bond donors (Lipinski definition) is 1. The highest BCUT2D eigenvalue weighted by Crippen LogP contribution is 2.25. The molecule has 1 heterocycles. The fourth-order valence-electron chi connectivity index (χ4n) is 3.52. The third-order valence-corrected chi connectivity index (χ3v) is 4.99. The van der Waals surface area contributed by atoms with Crippen molar-refractivity contribution in [2.45, 2.75) is 6.54 Å². The Morgan fingerprint density at radius 3 is 1.86 bits per heavy atom. The lowest BCUT2D eigenvalue weighted by molar-refractivity contribution is -0.679. The van der Waals surface area contributed by atoms with Gasteiger partial charge in [-0.05, 0) is 23.3 Å². The van der Waals surface area contributed by atoms with Crippen molar-refractivity contribution < 1.29 is 9.36 Å². The molecule has 1 amide bonds. The standard InChI is InChI=1S/C26H22N2O/c1-27-26(29)25-18-23(21-13-7-3-8-14-21)17-24(22-15-9-4-10-16-22)28(25)19-20-11-5-2-6-12-20/h2-18H,19H2,1H3/p+1. The van der Waals surface area contributed by atoms with Crippen molar-refractivity contribution in [1.29, 1.82) is 0 Å². The van der Waals surface area contributed by atoms with E-state index in [-0.39, 0.29) is 5.91 Å². The normalized spacial score (nSPS) is 10.5. The molecule has 0 fully saturated rings. The van der Waals surface area contributed by atoms with Crippen LogP contribution in [0.1, 0.15) is 16.1 Å². The molecule has 0 unspecified atom stereocenters. The highest BCUT2D eigenvalue weighted by atomic mass is 16.1. The van der Waals surface area contributed by atoms with Crippen molar-refractivity contribution in [2.75, 3.05) is 7.05 Å². The largest absolute Gasteiger partial charge is 0.350 e. The molecular weight excluding hydrogens is 356 g/mol. The molecular formula is C26H23N2O+. The van der Waals surface area contributed by atoms with Crippen molar-refractivity contribution in [1.82, 2.24) is 5.32 Å². The van der Waals surface area contributed by atoms with E-state index in [9.17, 15) is 4.79 Å². The number of carbonyl (C=O) groups excluding carboxylic acids is 1. The molecule has 3 nitrogen and oxygen atoms in total. The molecule has 142 valence electrons. The predicted octanol–water partition coefficient (Wildman–Crippen LogP) is 4.72. The first-order valence-electron chi connectivity index (χ1n) is 9.71. The van der Waals surface area contributed by atoms with E-state index >= 15 is 0 Å². The number of amides is 1. The highest BCUT2D eigenvalue weighted by Gasteiger charge is 2.25. The Labute approximate surface area is 171 Å². The van der Waals surface area contributed by atoms with E-state index in [1.165, 1.54) is 0 Å². The molecule has 29 heavy (non-hydrogen) atoms. The van der Waals surface area contributed by atoms with Crippen LogP contribution in [0, 0.1) is 0 Å². The number of nitrogens with one attached hydrogen (secondary N) is 1. The van der Waals surface area contributed by atoms with Gasteiger partial charge in [-0.1, -0.05) is 78.9 Å². The van der Waals surface area contributed by atoms with Crippen molar-refractivity contribution >= 4 is 5.91 Å². The summed E-state index contributed by atoms with van der Waals surface area (Å²) >= 11 is 0. The van der Waals surface area contributed by atoms with E-state index in [0.29, 0.717) is 12.2 Å². The van der Waals surface area contributed by atoms with E-state index in [0.717, 1.165) is 27.9 Å². The van der Waals surface area contributed by atoms with Gasteiger partial charge in [0.2, 0.25) is 5.69 Å². The molecule has 0 aliphatic carbocycles. The minimum atomic E-state index is -0.101. The number of rotatable bonds is 5. The summed E-state index contributed by atoms with van der Waals surface area (Å²) in [5, 5.41) is 2.81. The van der Waals surface area contributed by atoms with E-state index in [1.54, 1.807) is 7.05 Å². The van der Waals surface area contributed by atoms with Crippen LogP contribution in [0.5, 0.6) is 0 Å². The predicted molar refractivity (Wildman–Crippen MR) is 116 cm³/mol. The molecule has 0 saturated heterocycles. The lowest BCUT2D eigenvalue weighted by Gasteiger charge is -2.12. The lowest BCUT2D eigenvalue weighted by atomic mass is 10.0. The number of aromatic nitrogens is 1. The topological polar surface area (TPSA) is 33.0 Å². The minimum absolute atomic E-state index is 0.101. The Kier molecular flexibility index (Phi) is 5.48. The van der Waals surface area contributed by atoms with Crippen LogP contribution in [0.15, 0.2) is 103 Å². The number of benzene rings is 3. The van der Waals surface area contributed by atoms with Crippen LogP contribution < -0.4 is 9.88 Å². The number of hydrogen-bond acceptors (Lipinski definition) is 1. The molecule has 0 saturated carbocycles. The van der Waals surface area contributed by atoms with Gasteiger partial charge in [0.1, 0.15) is 0 Å². The Hall–Kier alpha value is -3.72. The van der Waals surface area contributed by atoms with Crippen LogP contribution in [-0.2, 0) is 6.54 Å². The fourth-order valence-corrected chi connectivity index (χ4v) is 3.52. The van der Waals surface area contributed by atoms with Gasteiger partial charge in [-0.15, -0.1) is 0 Å². The Morgan fingerprint density at radius 1 is 0.724 bits per heavy atom. The van der Waals surface area contributed by atoms with Gasteiger partial charge in [0, 0.05) is 30.3 Å². The molecule has 3 heteroatoms. The van der Waals surface area contributed by atoms with Gasteiger partial charge in [-0.25, -0.2) is 0 Å². The van der Waals surface area contributed by atoms with E-state index in [2.05, 4.69) is 52.3 Å². The molecule has 4 aromatic rings. The molecule has 1 aromatic heterocycles. The zero-order chi connectivity index (χ0) is 20.1. The van der Waals surface area contributed by atoms with Crippen LogP contribution in [-0.4, -0.2) is 13.0 Å². The van der Waals surface area contributed by atoms with E-state index < -0.39 is 0 Å². The highest BCUT2D eigenvalue weighted by molar-refractivity contribution is 5.92. The summed E-state index contributed by atoms with van der Waals surface area (Å²) in [6, 6.07) is 34.8. The minimum Gasteiger partial charge on any atom is -0.350 e. The first-order valence-corrected chi connectivity index (χ1v) is 9.71. The monoisotopic (exact) mass is 379 g/mol. The van der Waals surface area contributed by atoms with E-state index in [4.69, 9.17) is 0 Å². The third kappa shape index (κ3) is 4.09. The molecule has 1 N–H and O–H groups in total. The molecule has 3 aromatic carbocycles. The van der Waals surface area contributed by atoms with Gasteiger partial charge >= 0.3 is 5.91 Å². The summed E-state index contributed by atoms with van der Waals surface area (Å²) in [7, 11) is 1.67. The molecule has 0 aliphatic heterocycles. The molecule has 0 spiro atoms. The van der Waals surface area contributed by atoms with Crippen LogP contribution in [0.25, 0.3) is 22.4 Å². The van der Waals surface area contributed by atoms with Gasteiger partial charge in [-0.2, -0.15) is 4.57 Å². The quantitative estimate of drug-likeness (QED) is 0.500. The Bertz CT molecular complexity index is 1110. The second-order valence-corrected chi connectivity index (χ2v) is 6.90. The van der Waals surface area contributed by atoms with Crippen molar-refractivity contribution in [3.8, 4) is 22.4 Å². The van der Waals surface area contributed by atoms with Crippen LogP contribution in [0.4, 0.5) is 0 Å². The summed E-state index contributed by atoms with van der Waals surface area (Å²) in [4.78, 5) is 12.9. The fraction of sp³-hybridized carbons (Fsp3) is 0.0769. The average molecular weight is 379 g/mol. The van der Waals surface area contributed by atoms with Crippen LogP contribution in [0.3, 0.4) is 0 Å². The summed E-state index contributed by atoms with van der Waals surface area (Å²) in [5.74, 6) is -0.101. The second-order valence-electron chi connectivity index (χ2n) is 6.90. The van der Waals surface area contributed by atoms with Crippen LogP contribution >= 0.6 is 0 Å². The van der Waals surface area contributed by atoms with Crippen molar-refractivity contribution in [2.24, 2.45) is 0 Å². The molecule has 4 rings (SSSR count). The zero-order valence-corrected chi connectivity index (χ0v) is 16.4. The molecule has 0 radical (unpaired) electrons. The van der Waals surface area contributed by atoms with Gasteiger partial charge in [0.05, 0.1) is 0 Å². The molecule has 0 bridgehead atoms. The van der Waals surface area contributed by atoms with Gasteiger partial charge in [-0.3, -0.25) is 4.79 Å². The number of pyridine rings is 1. The van der Waals surface area contributed by atoms with Crippen molar-refractivity contribution in [3.63, 3.8) is 0 Å². The SMILES string of the molecule is CNC(=O)c1cc(-c2ccccc2)cc(-c2ccccc2)[n+]1Cc1ccccc1. The van der Waals surface area contributed by atoms with E-state index in [1.807, 2.05) is 60.7 Å². The smallest absolute Gasteiger partial charge is 0.315 e. The Morgan fingerprint density at radius 2 is 1.28 bits per heavy atom. The maximum atomic E-state index is 12.9. The average Bonchev–Trinajstić information content (AvgIpc) is 2.80. The summed E-state index contributed by atoms with van der Waals surface area (Å²) in [6.07, 6.45) is 0.